The first-order valence-electron chi connectivity index (χ1n) is 5.79. The molecule has 6 nitrogen and oxygen atoms in total. The lowest BCUT2D eigenvalue weighted by molar-refractivity contribution is 0.0696. The molecule has 0 aliphatic carbocycles. The monoisotopic (exact) mass is 287 g/mol. The van der Waals surface area contributed by atoms with E-state index in [1.165, 1.54) is 23.5 Å². The topological polar surface area (TPSA) is 83.9 Å². The number of carboxylic acid groups (broad SMARTS) is 1. The average molecular weight is 287 g/mol. The number of rotatable bonds is 6. The number of benzene rings is 1. The van der Waals surface area contributed by atoms with Crippen LogP contribution >= 0.6 is 0 Å². The molecular formula is C12H17NO5S. The lowest BCUT2D eigenvalue weighted by Crippen LogP contribution is -2.31. The van der Waals surface area contributed by atoms with Crippen molar-refractivity contribution in [1.82, 2.24) is 4.31 Å². The van der Waals surface area contributed by atoms with Crippen LogP contribution in [0.3, 0.4) is 0 Å². The van der Waals surface area contributed by atoms with Gasteiger partial charge < -0.3 is 9.84 Å². The summed E-state index contributed by atoms with van der Waals surface area (Å²) in [5.74, 6) is -1.05. The van der Waals surface area contributed by atoms with Crippen LogP contribution in [0.25, 0.3) is 0 Å². The number of hydrogen-bond donors (Lipinski definition) is 1. The van der Waals surface area contributed by atoms with Crippen LogP contribution in [0, 0.1) is 0 Å². The first-order chi connectivity index (χ1) is 8.88. The van der Waals surface area contributed by atoms with Crippen molar-refractivity contribution < 1.29 is 23.1 Å². The van der Waals surface area contributed by atoms with Gasteiger partial charge in [-0.1, -0.05) is 13.8 Å². The minimum absolute atomic E-state index is 0.0912. The highest BCUT2D eigenvalue weighted by atomic mass is 32.2. The molecule has 0 bridgehead atoms. The van der Waals surface area contributed by atoms with Crippen LogP contribution in [-0.4, -0.2) is 44.0 Å². The fourth-order valence-electron chi connectivity index (χ4n) is 1.71. The van der Waals surface area contributed by atoms with E-state index in [2.05, 4.69) is 0 Å². The highest BCUT2D eigenvalue weighted by Gasteiger charge is 2.26. The zero-order valence-corrected chi connectivity index (χ0v) is 11.9. The maximum atomic E-state index is 12.4. The minimum Gasteiger partial charge on any atom is -0.495 e. The van der Waals surface area contributed by atoms with Crippen molar-refractivity contribution in [3.63, 3.8) is 0 Å². The molecule has 0 saturated carbocycles. The summed E-state index contributed by atoms with van der Waals surface area (Å²) < 4.78 is 31.1. The van der Waals surface area contributed by atoms with Gasteiger partial charge in [-0.15, -0.1) is 0 Å². The Hall–Kier alpha value is -1.60. The molecule has 19 heavy (non-hydrogen) atoms. The van der Waals surface area contributed by atoms with Gasteiger partial charge in [0.25, 0.3) is 0 Å². The lowest BCUT2D eigenvalue weighted by atomic mass is 10.2. The van der Waals surface area contributed by atoms with Crippen LogP contribution in [0.4, 0.5) is 0 Å². The van der Waals surface area contributed by atoms with Gasteiger partial charge in [0.2, 0.25) is 10.0 Å². The van der Waals surface area contributed by atoms with Crippen molar-refractivity contribution in [3.05, 3.63) is 23.8 Å². The molecule has 0 aromatic heterocycles. The Morgan fingerprint density at radius 2 is 1.89 bits per heavy atom. The van der Waals surface area contributed by atoms with Crippen molar-refractivity contribution in [2.24, 2.45) is 0 Å². The Kier molecular flexibility index (Phi) is 4.90. The first-order valence-corrected chi connectivity index (χ1v) is 7.23. The fraction of sp³-hybridized carbons (Fsp3) is 0.417. The Labute approximate surface area is 112 Å². The third-order valence-electron chi connectivity index (χ3n) is 2.73. The highest BCUT2D eigenvalue weighted by Crippen LogP contribution is 2.27. The number of ether oxygens (including phenoxy) is 1. The summed E-state index contributed by atoms with van der Waals surface area (Å²) in [5.41, 5.74) is -0.0912. The van der Waals surface area contributed by atoms with E-state index in [1.54, 1.807) is 13.8 Å². The van der Waals surface area contributed by atoms with Crippen molar-refractivity contribution in [1.29, 1.82) is 0 Å². The number of nitrogens with zero attached hydrogens (tertiary/aromatic N) is 1. The Balaban J connectivity index is 3.46. The number of carboxylic acids is 1. The fourth-order valence-corrected chi connectivity index (χ4v) is 3.35. The maximum absolute atomic E-state index is 12.4. The zero-order chi connectivity index (χ0) is 14.6. The molecule has 1 N–H and O–H groups in total. The van der Waals surface area contributed by atoms with E-state index in [1.807, 2.05) is 0 Å². The van der Waals surface area contributed by atoms with E-state index < -0.39 is 16.0 Å². The number of hydrogen-bond acceptors (Lipinski definition) is 4. The average Bonchev–Trinajstić information content (AvgIpc) is 2.38. The van der Waals surface area contributed by atoms with E-state index in [0.29, 0.717) is 13.1 Å². The molecule has 0 fully saturated rings. The van der Waals surface area contributed by atoms with E-state index in [4.69, 9.17) is 9.84 Å². The molecule has 0 spiro atoms. The molecule has 1 rings (SSSR count). The predicted octanol–water partition coefficient (Wildman–Crippen LogP) is 1.42. The summed E-state index contributed by atoms with van der Waals surface area (Å²) >= 11 is 0. The zero-order valence-electron chi connectivity index (χ0n) is 11.1. The van der Waals surface area contributed by atoms with E-state index in [0.717, 1.165) is 6.07 Å². The first kappa shape index (κ1) is 15.5. The van der Waals surface area contributed by atoms with Crippen LogP contribution in [0.2, 0.25) is 0 Å². The highest BCUT2D eigenvalue weighted by molar-refractivity contribution is 7.89. The summed E-state index contributed by atoms with van der Waals surface area (Å²) in [5, 5.41) is 8.94. The second-order valence-corrected chi connectivity index (χ2v) is 5.67. The molecule has 0 aliphatic rings. The van der Waals surface area contributed by atoms with E-state index in [-0.39, 0.29) is 16.2 Å². The molecule has 7 heteroatoms. The molecule has 0 amide bonds. The Bertz CT molecular complexity index is 563. The van der Waals surface area contributed by atoms with Crippen LogP contribution in [-0.2, 0) is 10.0 Å². The molecular weight excluding hydrogens is 270 g/mol. The number of methoxy groups -OCH3 is 1. The van der Waals surface area contributed by atoms with Crippen LogP contribution in [0.5, 0.6) is 5.75 Å². The van der Waals surface area contributed by atoms with Gasteiger partial charge >= 0.3 is 5.97 Å². The van der Waals surface area contributed by atoms with Crippen LogP contribution < -0.4 is 4.74 Å². The van der Waals surface area contributed by atoms with E-state index >= 15 is 0 Å². The van der Waals surface area contributed by atoms with E-state index in [9.17, 15) is 13.2 Å². The van der Waals surface area contributed by atoms with Crippen LogP contribution in [0.1, 0.15) is 24.2 Å². The summed E-state index contributed by atoms with van der Waals surface area (Å²) in [6.07, 6.45) is 0. The molecule has 106 valence electrons. The summed E-state index contributed by atoms with van der Waals surface area (Å²) in [4.78, 5) is 10.8. The summed E-state index contributed by atoms with van der Waals surface area (Å²) in [7, 11) is -2.41. The third kappa shape index (κ3) is 3.05. The Morgan fingerprint density at radius 3 is 2.32 bits per heavy atom. The van der Waals surface area contributed by atoms with Gasteiger partial charge in [0, 0.05) is 13.1 Å². The standard InChI is InChI=1S/C12H17NO5S/c1-4-13(5-2)19(16,17)11-8-9(12(14)15)6-7-10(11)18-3/h6-8H,4-5H2,1-3H3,(H,14,15). The van der Waals surface area contributed by atoms with Gasteiger partial charge in [0.15, 0.2) is 0 Å². The molecule has 0 atom stereocenters. The Morgan fingerprint density at radius 1 is 1.32 bits per heavy atom. The van der Waals surface area contributed by atoms with Gasteiger partial charge in [-0.25, -0.2) is 13.2 Å². The van der Waals surface area contributed by atoms with Crippen molar-refractivity contribution in [2.75, 3.05) is 20.2 Å². The molecule has 0 heterocycles. The largest absolute Gasteiger partial charge is 0.495 e. The van der Waals surface area contributed by atoms with Crippen molar-refractivity contribution in [3.8, 4) is 5.75 Å². The van der Waals surface area contributed by atoms with Crippen LogP contribution in [0.15, 0.2) is 23.1 Å². The molecule has 1 aromatic carbocycles. The second kappa shape index (κ2) is 6.03. The molecule has 0 unspecified atom stereocenters. The molecule has 0 saturated heterocycles. The molecule has 1 aromatic rings. The molecule has 0 aliphatic heterocycles. The van der Waals surface area contributed by atoms with Gasteiger partial charge in [-0.3, -0.25) is 0 Å². The summed E-state index contributed by atoms with van der Waals surface area (Å²) in [6, 6.07) is 3.77. The normalized spacial score (nSPS) is 11.6. The van der Waals surface area contributed by atoms with Gasteiger partial charge in [0.05, 0.1) is 12.7 Å². The molecule has 0 radical (unpaired) electrons. The number of aromatic carboxylic acids is 1. The summed E-state index contributed by atoms with van der Waals surface area (Å²) in [6.45, 7) is 4.04. The number of carbonyl (C=O) groups is 1. The van der Waals surface area contributed by atoms with Gasteiger partial charge in [-0.2, -0.15) is 4.31 Å². The lowest BCUT2D eigenvalue weighted by Gasteiger charge is -2.20. The minimum atomic E-state index is -3.75. The third-order valence-corrected chi connectivity index (χ3v) is 4.80. The SMILES string of the molecule is CCN(CC)S(=O)(=O)c1cc(C(=O)O)ccc1OC. The smallest absolute Gasteiger partial charge is 0.335 e. The number of sulfonamides is 1. The maximum Gasteiger partial charge on any atom is 0.335 e. The second-order valence-electron chi connectivity index (χ2n) is 3.76. The predicted molar refractivity (Wildman–Crippen MR) is 70.1 cm³/mol. The van der Waals surface area contributed by atoms with Crippen molar-refractivity contribution >= 4 is 16.0 Å². The van der Waals surface area contributed by atoms with Gasteiger partial charge in [-0.05, 0) is 18.2 Å². The van der Waals surface area contributed by atoms with Crippen molar-refractivity contribution in [2.45, 2.75) is 18.7 Å². The quantitative estimate of drug-likeness (QED) is 0.855. The van der Waals surface area contributed by atoms with Gasteiger partial charge in [0.1, 0.15) is 10.6 Å².